The summed E-state index contributed by atoms with van der Waals surface area (Å²) in [5.74, 6) is 0.427. The maximum Gasteiger partial charge on any atom is 0.272 e. The number of nitrogens with zero attached hydrogens (tertiary/aromatic N) is 6. The first-order chi connectivity index (χ1) is 14.1. The number of aryl methyl sites for hydroxylation is 2. The van der Waals surface area contributed by atoms with Crippen molar-refractivity contribution in [1.29, 1.82) is 0 Å². The lowest BCUT2D eigenvalue weighted by Gasteiger charge is -2.10. The highest BCUT2D eigenvalue weighted by Gasteiger charge is 2.11. The third-order valence-corrected chi connectivity index (χ3v) is 4.60. The summed E-state index contributed by atoms with van der Waals surface area (Å²) in [6.45, 7) is 4.46. The normalized spacial score (nSPS) is 11.0. The van der Waals surface area contributed by atoms with Gasteiger partial charge in [0.2, 0.25) is 0 Å². The highest BCUT2D eigenvalue weighted by atomic mass is 16.1. The molecule has 0 spiro atoms. The molecule has 3 aromatic heterocycles. The number of pyridine rings is 1. The number of aromatic nitrogens is 6. The summed E-state index contributed by atoms with van der Waals surface area (Å²) in [6, 6.07) is 8.84. The average molecular weight is 389 g/mol. The lowest BCUT2D eigenvalue weighted by molar-refractivity contribution is 0.0951. The van der Waals surface area contributed by atoms with E-state index in [1.54, 1.807) is 46.9 Å². The van der Waals surface area contributed by atoms with Gasteiger partial charge in [-0.2, -0.15) is 5.10 Å². The van der Waals surface area contributed by atoms with Gasteiger partial charge in [0, 0.05) is 24.8 Å². The van der Waals surface area contributed by atoms with Crippen LogP contribution in [0.5, 0.6) is 0 Å². The number of hydrogen-bond acceptors (Lipinski definition) is 6. The predicted molar refractivity (Wildman–Crippen MR) is 107 cm³/mol. The molecule has 1 N–H and O–H groups in total. The van der Waals surface area contributed by atoms with Crippen molar-refractivity contribution >= 4 is 16.9 Å². The van der Waals surface area contributed by atoms with Gasteiger partial charge in [0.05, 0.1) is 11.0 Å². The van der Waals surface area contributed by atoms with E-state index < -0.39 is 0 Å². The molecule has 9 nitrogen and oxygen atoms in total. The van der Waals surface area contributed by atoms with Crippen molar-refractivity contribution in [1.82, 2.24) is 34.6 Å². The largest absolute Gasteiger partial charge is 0.348 e. The molecule has 1 amide bonds. The first kappa shape index (κ1) is 18.5. The number of amides is 1. The van der Waals surface area contributed by atoms with Gasteiger partial charge in [-0.05, 0) is 43.7 Å². The minimum Gasteiger partial charge on any atom is -0.348 e. The smallest absolute Gasteiger partial charge is 0.272 e. The van der Waals surface area contributed by atoms with Gasteiger partial charge in [-0.1, -0.05) is 6.07 Å². The predicted octanol–water partition coefficient (Wildman–Crippen LogP) is 1.63. The van der Waals surface area contributed by atoms with E-state index in [1.165, 1.54) is 6.33 Å². The molecule has 0 aliphatic rings. The van der Waals surface area contributed by atoms with Gasteiger partial charge in [-0.25, -0.2) is 19.6 Å². The van der Waals surface area contributed by atoms with E-state index in [-0.39, 0.29) is 11.5 Å². The lowest BCUT2D eigenvalue weighted by Crippen LogP contribution is -2.25. The van der Waals surface area contributed by atoms with Crippen molar-refractivity contribution < 1.29 is 4.79 Å². The van der Waals surface area contributed by atoms with Crippen molar-refractivity contribution in [3.63, 3.8) is 0 Å². The second kappa shape index (κ2) is 7.63. The molecule has 0 fully saturated rings. The number of nitrogens with one attached hydrogen (secondary N) is 1. The Kier molecular flexibility index (Phi) is 4.86. The molecule has 4 aromatic rings. The van der Waals surface area contributed by atoms with E-state index in [4.69, 9.17) is 0 Å². The van der Waals surface area contributed by atoms with Crippen molar-refractivity contribution in [2.24, 2.45) is 0 Å². The topological polar surface area (TPSA) is 108 Å². The minimum absolute atomic E-state index is 0.112. The Morgan fingerprint density at radius 2 is 2.07 bits per heavy atom. The van der Waals surface area contributed by atoms with Gasteiger partial charge in [0.15, 0.2) is 5.82 Å². The number of fused-ring (bicyclic) bond motifs is 1. The minimum atomic E-state index is -0.221. The van der Waals surface area contributed by atoms with Crippen molar-refractivity contribution in [3.8, 4) is 5.82 Å². The fourth-order valence-corrected chi connectivity index (χ4v) is 3.10. The second-order valence-corrected chi connectivity index (χ2v) is 6.50. The van der Waals surface area contributed by atoms with Crippen LogP contribution in [0.2, 0.25) is 0 Å². The fourth-order valence-electron chi connectivity index (χ4n) is 3.10. The summed E-state index contributed by atoms with van der Waals surface area (Å²) < 4.78 is 3.21. The molecule has 0 aliphatic heterocycles. The Hall–Kier alpha value is -3.88. The SMILES string of the molecule is CCn1c(=O)c(C)nc2cc(C(=O)NCc3ccc(-n4cncn4)nc3)ccc21. The molecule has 0 radical (unpaired) electrons. The molecular formula is C20H19N7O2. The Morgan fingerprint density at radius 1 is 1.21 bits per heavy atom. The number of hydrogen-bond donors (Lipinski definition) is 1. The summed E-state index contributed by atoms with van der Waals surface area (Å²) in [5.41, 5.74) is 2.98. The Labute approximate surface area is 166 Å². The van der Waals surface area contributed by atoms with Crippen molar-refractivity contribution in [2.75, 3.05) is 0 Å². The van der Waals surface area contributed by atoms with E-state index in [0.717, 1.165) is 5.56 Å². The van der Waals surface area contributed by atoms with Gasteiger partial charge >= 0.3 is 0 Å². The highest BCUT2D eigenvalue weighted by molar-refractivity contribution is 5.97. The average Bonchev–Trinajstić information content (AvgIpc) is 3.28. The monoisotopic (exact) mass is 389 g/mol. The van der Waals surface area contributed by atoms with Crippen LogP contribution in [0.4, 0.5) is 0 Å². The Morgan fingerprint density at radius 3 is 2.76 bits per heavy atom. The van der Waals surface area contributed by atoms with Crippen molar-refractivity contribution in [3.05, 3.63) is 76.4 Å². The standard InChI is InChI=1S/C20H19N7O2/c1-3-26-17-6-5-15(8-16(17)25-13(2)20(26)29)19(28)23-10-14-4-7-18(22-9-14)27-12-21-11-24-27/h4-9,11-12H,3,10H2,1-2H3,(H,23,28). The van der Waals surface area contributed by atoms with E-state index in [2.05, 4.69) is 25.4 Å². The lowest BCUT2D eigenvalue weighted by atomic mass is 10.1. The highest BCUT2D eigenvalue weighted by Crippen LogP contribution is 2.14. The molecule has 9 heteroatoms. The zero-order chi connectivity index (χ0) is 20.4. The molecule has 0 saturated heterocycles. The Bertz CT molecular complexity index is 1230. The molecule has 0 bridgehead atoms. The maximum atomic E-state index is 12.6. The van der Waals surface area contributed by atoms with Crippen LogP contribution in [0.1, 0.15) is 28.5 Å². The van der Waals surface area contributed by atoms with Crippen LogP contribution in [-0.4, -0.2) is 35.2 Å². The van der Waals surface area contributed by atoms with E-state index in [1.807, 2.05) is 19.1 Å². The van der Waals surface area contributed by atoms with Crippen LogP contribution in [0.3, 0.4) is 0 Å². The summed E-state index contributed by atoms with van der Waals surface area (Å²) in [7, 11) is 0. The van der Waals surface area contributed by atoms with Crippen LogP contribution >= 0.6 is 0 Å². The van der Waals surface area contributed by atoms with Crippen LogP contribution < -0.4 is 10.9 Å². The molecule has 4 rings (SSSR count). The molecule has 3 heterocycles. The zero-order valence-electron chi connectivity index (χ0n) is 16.0. The molecule has 146 valence electrons. The van der Waals surface area contributed by atoms with Gasteiger partial charge < -0.3 is 9.88 Å². The van der Waals surface area contributed by atoms with Crippen LogP contribution in [0, 0.1) is 6.92 Å². The van der Waals surface area contributed by atoms with Crippen LogP contribution in [-0.2, 0) is 13.1 Å². The molecular weight excluding hydrogens is 370 g/mol. The number of carbonyl (C=O) groups excluding carboxylic acids is 1. The molecule has 0 aliphatic carbocycles. The van der Waals surface area contributed by atoms with Crippen LogP contribution in [0.25, 0.3) is 16.9 Å². The summed E-state index contributed by atoms with van der Waals surface area (Å²) in [6.07, 6.45) is 4.69. The molecule has 0 atom stereocenters. The fraction of sp³-hybridized carbons (Fsp3) is 0.200. The third-order valence-electron chi connectivity index (χ3n) is 4.60. The maximum absolute atomic E-state index is 12.6. The first-order valence-corrected chi connectivity index (χ1v) is 9.16. The quantitative estimate of drug-likeness (QED) is 0.556. The Balaban J connectivity index is 1.50. The van der Waals surface area contributed by atoms with E-state index in [9.17, 15) is 9.59 Å². The summed E-state index contributed by atoms with van der Waals surface area (Å²) in [5, 5.41) is 6.90. The third kappa shape index (κ3) is 3.62. The molecule has 29 heavy (non-hydrogen) atoms. The van der Waals surface area contributed by atoms with Gasteiger partial charge in [0.25, 0.3) is 11.5 Å². The second-order valence-electron chi connectivity index (χ2n) is 6.50. The van der Waals surface area contributed by atoms with Crippen LogP contribution in [0.15, 0.2) is 54.0 Å². The van der Waals surface area contributed by atoms with Gasteiger partial charge in [-0.15, -0.1) is 0 Å². The number of benzene rings is 1. The first-order valence-electron chi connectivity index (χ1n) is 9.16. The summed E-state index contributed by atoms with van der Waals surface area (Å²) in [4.78, 5) is 37.3. The summed E-state index contributed by atoms with van der Waals surface area (Å²) >= 11 is 0. The van der Waals surface area contributed by atoms with Gasteiger partial charge in [-0.3, -0.25) is 9.59 Å². The number of carbonyl (C=O) groups is 1. The zero-order valence-corrected chi connectivity index (χ0v) is 16.0. The van der Waals surface area contributed by atoms with Crippen molar-refractivity contribution in [2.45, 2.75) is 26.9 Å². The molecule has 0 saturated carbocycles. The van der Waals surface area contributed by atoms with Gasteiger partial charge in [0.1, 0.15) is 18.3 Å². The number of rotatable bonds is 5. The van der Waals surface area contributed by atoms with E-state index in [0.29, 0.717) is 41.2 Å². The molecule has 0 unspecified atom stereocenters. The van der Waals surface area contributed by atoms with E-state index >= 15 is 0 Å². The molecule has 1 aromatic carbocycles.